The second-order valence-electron chi connectivity index (χ2n) is 6.06. The molecule has 0 bridgehead atoms. The molecule has 1 heterocycles. The molecule has 0 radical (unpaired) electrons. The summed E-state index contributed by atoms with van der Waals surface area (Å²) < 4.78 is 1.89. The van der Waals surface area contributed by atoms with Gasteiger partial charge >= 0.3 is 0 Å². The van der Waals surface area contributed by atoms with E-state index in [2.05, 4.69) is 30.2 Å². The number of rotatable bonds is 5. The Morgan fingerprint density at radius 2 is 1.96 bits per heavy atom. The van der Waals surface area contributed by atoms with Crippen molar-refractivity contribution in [1.82, 2.24) is 14.7 Å². The Kier molecular flexibility index (Phi) is 4.86. The third-order valence-electron chi connectivity index (χ3n) is 4.09. The maximum absolute atomic E-state index is 12.4. The third-order valence-corrected chi connectivity index (χ3v) is 4.35. The first-order valence-corrected chi connectivity index (χ1v) is 8.31. The topological polar surface area (TPSA) is 38.1 Å². The number of aromatic nitrogens is 2. The molecular weight excluding hydrogens is 322 g/mol. The molecule has 4 nitrogen and oxygen atoms in total. The summed E-state index contributed by atoms with van der Waals surface area (Å²) >= 11 is 5.88. The maximum Gasteiger partial charge on any atom is 0.224 e. The molecular formula is C19H20ClN3O. The van der Waals surface area contributed by atoms with Gasteiger partial charge < -0.3 is 4.90 Å². The van der Waals surface area contributed by atoms with Gasteiger partial charge in [-0.05, 0) is 36.8 Å². The van der Waals surface area contributed by atoms with Gasteiger partial charge in [0, 0.05) is 30.4 Å². The van der Waals surface area contributed by atoms with E-state index in [0.29, 0.717) is 24.5 Å². The predicted molar refractivity (Wildman–Crippen MR) is 97.0 cm³/mol. The average Bonchev–Trinajstić information content (AvgIpc) is 2.96. The molecule has 0 aliphatic rings. The lowest BCUT2D eigenvalue weighted by Crippen LogP contribution is -2.27. The van der Waals surface area contributed by atoms with Gasteiger partial charge in [0.25, 0.3) is 0 Å². The number of hydrogen-bond donors (Lipinski definition) is 0. The van der Waals surface area contributed by atoms with Crippen LogP contribution in [-0.2, 0) is 17.9 Å². The molecule has 0 saturated heterocycles. The molecule has 1 aromatic heterocycles. The molecule has 0 saturated carbocycles. The first kappa shape index (κ1) is 16.5. The van der Waals surface area contributed by atoms with Crippen LogP contribution in [0.3, 0.4) is 0 Å². The summed E-state index contributed by atoms with van der Waals surface area (Å²) in [6.45, 7) is 3.22. The molecule has 24 heavy (non-hydrogen) atoms. The van der Waals surface area contributed by atoms with E-state index in [0.717, 1.165) is 16.5 Å². The van der Waals surface area contributed by atoms with Crippen LogP contribution in [0.5, 0.6) is 0 Å². The summed E-state index contributed by atoms with van der Waals surface area (Å²) in [5.74, 6) is 0.0979. The van der Waals surface area contributed by atoms with E-state index in [4.69, 9.17) is 11.6 Å². The number of benzene rings is 2. The Bertz CT molecular complexity index is 855. The van der Waals surface area contributed by atoms with E-state index in [1.165, 1.54) is 5.56 Å². The lowest BCUT2D eigenvalue weighted by molar-refractivity contribution is -0.130. The van der Waals surface area contributed by atoms with Crippen LogP contribution in [0.15, 0.2) is 48.7 Å². The summed E-state index contributed by atoms with van der Waals surface area (Å²) in [7, 11) is 1.82. The predicted octanol–water partition coefficient (Wildman–Crippen LogP) is 4.05. The molecule has 5 heteroatoms. The molecule has 0 aliphatic carbocycles. The van der Waals surface area contributed by atoms with Crippen molar-refractivity contribution in [3.63, 3.8) is 0 Å². The summed E-state index contributed by atoms with van der Waals surface area (Å²) in [6, 6.07) is 13.8. The minimum absolute atomic E-state index is 0.0979. The molecule has 0 atom stereocenters. The standard InChI is InChI=1S/C19H20ClN3O/c1-14-3-8-18-16(11-14)12-21-23(18)10-9-19(24)22(2)13-15-4-6-17(20)7-5-15/h3-8,11-12H,9-10,13H2,1-2H3. The van der Waals surface area contributed by atoms with E-state index in [1.807, 2.05) is 42.2 Å². The molecule has 2 aromatic carbocycles. The zero-order valence-corrected chi connectivity index (χ0v) is 14.6. The van der Waals surface area contributed by atoms with Gasteiger partial charge in [0.15, 0.2) is 0 Å². The molecule has 3 rings (SSSR count). The summed E-state index contributed by atoms with van der Waals surface area (Å²) in [4.78, 5) is 14.1. The van der Waals surface area contributed by atoms with E-state index in [-0.39, 0.29) is 5.91 Å². The smallest absolute Gasteiger partial charge is 0.224 e. The van der Waals surface area contributed by atoms with Crippen molar-refractivity contribution in [2.45, 2.75) is 26.4 Å². The Labute approximate surface area is 146 Å². The third kappa shape index (κ3) is 3.77. The second-order valence-corrected chi connectivity index (χ2v) is 6.49. The van der Waals surface area contributed by atoms with Gasteiger partial charge in [-0.25, -0.2) is 0 Å². The van der Waals surface area contributed by atoms with Crippen molar-refractivity contribution >= 4 is 28.4 Å². The van der Waals surface area contributed by atoms with E-state index >= 15 is 0 Å². The molecule has 0 unspecified atom stereocenters. The van der Waals surface area contributed by atoms with E-state index < -0.39 is 0 Å². The molecule has 3 aromatic rings. The zero-order chi connectivity index (χ0) is 17.1. The molecule has 0 spiro atoms. The monoisotopic (exact) mass is 341 g/mol. The number of aryl methyl sites for hydroxylation is 2. The lowest BCUT2D eigenvalue weighted by Gasteiger charge is -2.17. The summed E-state index contributed by atoms with van der Waals surface area (Å²) in [5.41, 5.74) is 3.34. The van der Waals surface area contributed by atoms with Crippen molar-refractivity contribution in [2.24, 2.45) is 0 Å². The van der Waals surface area contributed by atoms with Crippen LogP contribution in [0.4, 0.5) is 0 Å². The highest BCUT2D eigenvalue weighted by atomic mass is 35.5. The normalized spacial score (nSPS) is 11.0. The molecule has 0 aliphatic heterocycles. The van der Waals surface area contributed by atoms with E-state index in [9.17, 15) is 4.79 Å². The fourth-order valence-electron chi connectivity index (χ4n) is 2.73. The van der Waals surface area contributed by atoms with Crippen molar-refractivity contribution in [3.8, 4) is 0 Å². The fraction of sp³-hybridized carbons (Fsp3) is 0.263. The first-order valence-electron chi connectivity index (χ1n) is 7.93. The van der Waals surface area contributed by atoms with Crippen LogP contribution in [0.25, 0.3) is 10.9 Å². The molecule has 0 fully saturated rings. The van der Waals surface area contributed by atoms with Gasteiger partial charge in [0.2, 0.25) is 5.91 Å². The summed E-state index contributed by atoms with van der Waals surface area (Å²) in [5, 5.41) is 6.20. The number of fused-ring (bicyclic) bond motifs is 1. The fourth-order valence-corrected chi connectivity index (χ4v) is 2.85. The van der Waals surface area contributed by atoms with Crippen LogP contribution in [0.1, 0.15) is 17.5 Å². The van der Waals surface area contributed by atoms with Crippen LogP contribution >= 0.6 is 11.6 Å². The molecule has 124 valence electrons. The number of carbonyl (C=O) groups is 1. The number of hydrogen-bond acceptors (Lipinski definition) is 2. The molecule has 0 N–H and O–H groups in total. The van der Waals surface area contributed by atoms with E-state index in [1.54, 1.807) is 4.90 Å². The van der Waals surface area contributed by atoms with Crippen molar-refractivity contribution < 1.29 is 4.79 Å². The molecule has 1 amide bonds. The number of amides is 1. The van der Waals surface area contributed by atoms with Crippen LogP contribution < -0.4 is 0 Å². The van der Waals surface area contributed by atoms with Crippen LogP contribution in [-0.4, -0.2) is 27.6 Å². The van der Waals surface area contributed by atoms with Crippen molar-refractivity contribution in [3.05, 3.63) is 64.8 Å². The Hall–Kier alpha value is -2.33. The van der Waals surface area contributed by atoms with Crippen LogP contribution in [0, 0.1) is 6.92 Å². The lowest BCUT2D eigenvalue weighted by atomic mass is 10.2. The second kappa shape index (κ2) is 7.05. The quantitative estimate of drug-likeness (QED) is 0.702. The number of carbonyl (C=O) groups excluding carboxylic acids is 1. The Balaban J connectivity index is 1.60. The van der Waals surface area contributed by atoms with Gasteiger partial charge in [0.05, 0.1) is 18.3 Å². The average molecular weight is 342 g/mol. The Morgan fingerprint density at radius 1 is 1.21 bits per heavy atom. The highest BCUT2D eigenvalue weighted by molar-refractivity contribution is 6.30. The van der Waals surface area contributed by atoms with Gasteiger partial charge in [-0.15, -0.1) is 0 Å². The maximum atomic E-state index is 12.4. The highest BCUT2D eigenvalue weighted by Crippen LogP contribution is 2.16. The number of nitrogens with zero attached hydrogens (tertiary/aromatic N) is 3. The number of halogens is 1. The Morgan fingerprint density at radius 3 is 2.71 bits per heavy atom. The minimum atomic E-state index is 0.0979. The van der Waals surface area contributed by atoms with Crippen LogP contribution in [0.2, 0.25) is 5.02 Å². The zero-order valence-electron chi connectivity index (χ0n) is 13.9. The SMILES string of the molecule is Cc1ccc2c(cnn2CCC(=O)N(C)Cc2ccc(Cl)cc2)c1. The van der Waals surface area contributed by atoms with Crippen molar-refractivity contribution in [2.75, 3.05) is 7.05 Å². The van der Waals surface area contributed by atoms with Gasteiger partial charge in [-0.3, -0.25) is 9.48 Å². The highest BCUT2D eigenvalue weighted by Gasteiger charge is 2.11. The first-order chi connectivity index (χ1) is 11.5. The largest absolute Gasteiger partial charge is 0.341 e. The summed E-state index contributed by atoms with van der Waals surface area (Å²) in [6.07, 6.45) is 2.28. The van der Waals surface area contributed by atoms with Gasteiger partial charge in [-0.1, -0.05) is 35.4 Å². The van der Waals surface area contributed by atoms with Gasteiger partial charge in [-0.2, -0.15) is 5.10 Å². The van der Waals surface area contributed by atoms with Crippen molar-refractivity contribution in [1.29, 1.82) is 0 Å². The van der Waals surface area contributed by atoms with Gasteiger partial charge in [0.1, 0.15) is 0 Å². The minimum Gasteiger partial charge on any atom is -0.341 e.